The summed E-state index contributed by atoms with van der Waals surface area (Å²) in [5.41, 5.74) is 0.916. The van der Waals surface area contributed by atoms with Crippen molar-refractivity contribution in [3.05, 3.63) is 65.7 Å². The first kappa shape index (κ1) is 12.5. The lowest BCUT2D eigenvalue weighted by molar-refractivity contribution is 0.191. The third-order valence-corrected chi connectivity index (χ3v) is 2.61. The molecule has 2 rings (SSSR count). The van der Waals surface area contributed by atoms with E-state index in [0.717, 1.165) is 0 Å². The Bertz CT molecular complexity index is 513. The van der Waals surface area contributed by atoms with E-state index in [-0.39, 0.29) is 18.2 Å². The van der Waals surface area contributed by atoms with Crippen LogP contribution in [0.5, 0.6) is 0 Å². The third-order valence-electron chi connectivity index (χ3n) is 2.61. The highest BCUT2D eigenvalue weighted by Crippen LogP contribution is 2.17. The number of benzene rings is 2. The van der Waals surface area contributed by atoms with E-state index in [1.165, 1.54) is 30.3 Å². The van der Waals surface area contributed by atoms with Crippen LogP contribution in [0.1, 0.15) is 11.7 Å². The molecule has 0 aliphatic rings. The predicted octanol–water partition coefficient (Wildman–Crippen LogP) is 3.11. The molecule has 18 heavy (non-hydrogen) atoms. The molecule has 0 saturated heterocycles. The SMILES string of the molecule is OC(CNc1ccccc1F)c1ccc(F)cc1. The van der Waals surface area contributed by atoms with Crippen LogP contribution in [0.3, 0.4) is 0 Å². The highest BCUT2D eigenvalue weighted by Gasteiger charge is 2.08. The van der Waals surface area contributed by atoms with Crippen LogP contribution >= 0.6 is 0 Å². The van der Waals surface area contributed by atoms with Crippen molar-refractivity contribution in [3.8, 4) is 0 Å². The molecule has 0 aliphatic carbocycles. The summed E-state index contributed by atoms with van der Waals surface area (Å²) in [6.45, 7) is 0.159. The maximum atomic E-state index is 13.3. The molecule has 0 heterocycles. The van der Waals surface area contributed by atoms with Crippen molar-refractivity contribution in [2.75, 3.05) is 11.9 Å². The summed E-state index contributed by atoms with van der Waals surface area (Å²) in [5, 5.41) is 12.7. The Balaban J connectivity index is 1.98. The van der Waals surface area contributed by atoms with Gasteiger partial charge in [-0.3, -0.25) is 0 Å². The lowest BCUT2D eigenvalue weighted by atomic mass is 10.1. The van der Waals surface area contributed by atoms with Crippen molar-refractivity contribution in [1.29, 1.82) is 0 Å². The Labute approximate surface area is 104 Å². The van der Waals surface area contributed by atoms with Gasteiger partial charge >= 0.3 is 0 Å². The van der Waals surface area contributed by atoms with Gasteiger partial charge in [-0.2, -0.15) is 0 Å². The minimum atomic E-state index is -0.815. The van der Waals surface area contributed by atoms with Crippen molar-refractivity contribution < 1.29 is 13.9 Å². The van der Waals surface area contributed by atoms with Crippen LogP contribution in [0, 0.1) is 11.6 Å². The van der Waals surface area contributed by atoms with E-state index in [1.54, 1.807) is 18.2 Å². The van der Waals surface area contributed by atoms with Gasteiger partial charge in [-0.1, -0.05) is 24.3 Å². The average Bonchev–Trinajstić information content (AvgIpc) is 2.38. The summed E-state index contributed by atoms with van der Waals surface area (Å²) in [4.78, 5) is 0. The summed E-state index contributed by atoms with van der Waals surface area (Å²) in [6, 6.07) is 11.8. The lowest BCUT2D eigenvalue weighted by Crippen LogP contribution is -2.12. The Morgan fingerprint density at radius 3 is 2.33 bits per heavy atom. The maximum absolute atomic E-state index is 13.3. The maximum Gasteiger partial charge on any atom is 0.146 e. The van der Waals surface area contributed by atoms with Crippen molar-refractivity contribution in [1.82, 2.24) is 0 Å². The number of anilines is 1. The minimum Gasteiger partial charge on any atom is -0.387 e. The first-order chi connectivity index (χ1) is 8.66. The molecule has 1 atom stereocenters. The number of para-hydroxylation sites is 1. The molecule has 0 amide bonds. The van der Waals surface area contributed by atoms with Gasteiger partial charge in [-0.05, 0) is 29.8 Å². The summed E-state index contributed by atoms with van der Waals surface area (Å²) in [6.07, 6.45) is -0.815. The largest absolute Gasteiger partial charge is 0.387 e. The second kappa shape index (κ2) is 5.60. The highest BCUT2D eigenvalue weighted by atomic mass is 19.1. The number of hydrogen-bond acceptors (Lipinski definition) is 2. The van der Waals surface area contributed by atoms with Crippen LogP contribution in [0.25, 0.3) is 0 Å². The predicted molar refractivity (Wildman–Crippen MR) is 66.2 cm³/mol. The minimum absolute atomic E-state index is 0.159. The number of aliphatic hydroxyl groups is 1. The van der Waals surface area contributed by atoms with E-state index in [1.807, 2.05) is 0 Å². The van der Waals surface area contributed by atoms with Crippen LogP contribution in [-0.2, 0) is 0 Å². The first-order valence-electron chi connectivity index (χ1n) is 5.59. The molecular weight excluding hydrogens is 236 g/mol. The number of rotatable bonds is 4. The Morgan fingerprint density at radius 2 is 1.67 bits per heavy atom. The zero-order valence-corrected chi connectivity index (χ0v) is 9.61. The molecule has 0 spiro atoms. The summed E-state index contributed by atoms with van der Waals surface area (Å²) in [7, 11) is 0. The van der Waals surface area contributed by atoms with Gasteiger partial charge in [0.2, 0.25) is 0 Å². The van der Waals surface area contributed by atoms with Gasteiger partial charge in [0.25, 0.3) is 0 Å². The molecule has 2 nitrogen and oxygen atoms in total. The molecule has 0 bridgehead atoms. The van der Waals surface area contributed by atoms with Gasteiger partial charge in [0.1, 0.15) is 11.6 Å². The number of nitrogens with one attached hydrogen (secondary N) is 1. The number of hydrogen-bond donors (Lipinski definition) is 2. The Kier molecular flexibility index (Phi) is 3.89. The molecule has 0 aromatic heterocycles. The van der Waals surface area contributed by atoms with E-state index in [9.17, 15) is 13.9 Å². The fraction of sp³-hybridized carbons (Fsp3) is 0.143. The fourth-order valence-corrected chi connectivity index (χ4v) is 1.61. The van der Waals surface area contributed by atoms with Gasteiger partial charge in [0.05, 0.1) is 11.8 Å². The van der Waals surface area contributed by atoms with E-state index in [2.05, 4.69) is 5.32 Å². The second-order valence-electron chi connectivity index (χ2n) is 3.93. The number of aliphatic hydroxyl groups excluding tert-OH is 1. The molecule has 4 heteroatoms. The molecule has 2 aromatic rings. The molecule has 2 aromatic carbocycles. The quantitative estimate of drug-likeness (QED) is 0.872. The van der Waals surface area contributed by atoms with Crippen molar-refractivity contribution in [2.24, 2.45) is 0 Å². The van der Waals surface area contributed by atoms with E-state index in [0.29, 0.717) is 11.3 Å². The molecule has 1 unspecified atom stereocenters. The van der Waals surface area contributed by atoms with Crippen LogP contribution in [0.4, 0.5) is 14.5 Å². The fourth-order valence-electron chi connectivity index (χ4n) is 1.61. The van der Waals surface area contributed by atoms with Gasteiger partial charge < -0.3 is 10.4 Å². The van der Waals surface area contributed by atoms with E-state index >= 15 is 0 Å². The second-order valence-corrected chi connectivity index (χ2v) is 3.93. The van der Waals surface area contributed by atoms with Gasteiger partial charge in [-0.25, -0.2) is 8.78 Å². The van der Waals surface area contributed by atoms with Crippen LogP contribution in [-0.4, -0.2) is 11.7 Å². The molecule has 0 aliphatic heterocycles. The Morgan fingerprint density at radius 1 is 1.00 bits per heavy atom. The highest BCUT2D eigenvalue weighted by molar-refractivity contribution is 5.44. The normalized spacial score (nSPS) is 12.2. The van der Waals surface area contributed by atoms with Gasteiger partial charge in [0.15, 0.2) is 0 Å². The summed E-state index contributed by atoms with van der Waals surface area (Å²) >= 11 is 0. The van der Waals surface area contributed by atoms with Crippen molar-refractivity contribution in [3.63, 3.8) is 0 Å². The van der Waals surface area contributed by atoms with Crippen molar-refractivity contribution in [2.45, 2.75) is 6.10 Å². The van der Waals surface area contributed by atoms with Gasteiger partial charge in [0, 0.05) is 6.54 Å². The molecule has 0 fully saturated rings. The summed E-state index contributed by atoms with van der Waals surface area (Å²) in [5.74, 6) is -0.725. The van der Waals surface area contributed by atoms with Crippen LogP contribution < -0.4 is 5.32 Å². The van der Waals surface area contributed by atoms with E-state index < -0.39 is 6.10 Å². The smallest absolute Gasteiger partial charge is 0.146 e. The zero-order chi connectivity index (χ0) is 13.0. The van der Waals surface area contributed by atoms with E-state index in [4.69, 9.17) is 0 Å². The number of halogens is 2. The van der Waals surface area contributed by atoms with Crippen LogP contribution in [0.15, 0.2) is 48.5 Å². The first-order valence-corrected chi connectivity index (χ1v) is 5.59. The van der Waals surface area contributed by atoms with Crippen LogP contribution in [0.2, 0.25) is 0 Å². The molecule has 0 saturated carbocycles. The average molecular weight is 249 g/mol. The zero-order valence-electron chi connectivity index (χ0n) is 9.61. The molecule has 94 valence electrons. The van der Waals surface area contributed by atoms with Gasteiger partial charge in [-0.15, -0.1) is 0 Å². The molecule has 0 radical (unpaired) electrons. The topological polar surface area (TPSA) is 32.3 Å². The van der Waals surface area contributed by atoms with Crippen molar-refractivity contribution >= 4 is 5.69 Å². The summed E-state index contributed by atoms with van der Waals surface area (Å²) < 4.78 is 26.0. The monoisotopic (exact) mass is 249 g/mol. The standard InChI is InChI=1S/C14H13F2NO/c15-11-7-5-10(6-8-11)14(18)9-17-13-4-2-1-3-12(13)16/h1-8,14,17-18H,9H2. The molecule has 2 N–H and O–H groups in total. The Hall–Kier alpha value is -1.94. The lowest BCUT2D eigenvalue weighted by Gasteiger charge is -2.13. The third kappa shape index (κ3) is 3.05. The molecular formula is C14H13F2NO.